The molecule has 92 valence electrons. The average molecular weight is 241 g/mol. The standard InChI is InChI=1S/C8H20NO5P/c1-3-12-8(13-4-2)15(10,11)14-7-5-6-9/h8H,3-7,9H2,1-2H3,(H,10,11). The Morgan fingerprint density at radius 1 is 1.33 bits per heavy atom. The summed E-state index contributed by atoms with van der Waals surface area (Å²) in [7, 11) is -3.87. The topological polar surface area (TPSA) is 91.0 Å². The summed E-state index contributed by atoms with van der Waals surface area (Å²) in [5.41, 5.74) is 5.24. The van der Waals surface area contributed by atoms with Crippen LogP contribution in [0.5, 0.6) is 0 Å². The molecular weight excluding hydrogens is 221 g/mol. The van der Waals surface area contributed by atoms with Gasteiger partial charge < -0.3 is 24.6 Å². The maximum atomic E-state index is 11.6. The van der Waals surface area contributed by atoms with Crippen LogP contribution in [0.15, 0.2) is 0 Å². The Hall–Kier alpha value is 0.0300. The minimum atomic E-state index is -3.87. The Balaban J connectivity index is 4.15. The van der Waals surface area contributed by atoms with E-state index in [0.29, 0.717) is 13.0 Å². The molecule has 0 heterocycles. The predicted octanol–water partition coefficient (Wildman–Crippen LogP) is 0.894. The molecule has 0 aromatic rings. The van der Waals surface area contributed by atoms with Crippen molar-refractivity contribution in [2.24, 2.45) is 5.73 Å². The number of rotatable bonds is 9. The summed E-state index contributed by atoms with van der Waals surface area (Å²) < 4.78 is 26.4. The van der Waals surface area contributed by atoms with Crippen LogP contribution in [0.25, 0.3) is 0 Å². The van der Waals surface area contributed by atoms with Crippen molar-refractivity contribution in [2.75, 3.05) is 26.4 Å². The summed E-state index contributed by atoms with van der Waals surface area (Å²) in [5, 5.41) is 0. The van der Waals surface area contributed by atoms with Crippen LogP contribution in [-0.4, -0.2) is 37.3 Å². The van der Waals surface area contributed by atoms with E-state index in [1.807, 2.05) is 0 Å². The second-order valence-corrected chi connectivity index (χ2v) is 4.57. The molecule has 0 saturated carbocycles. The Kier molecular flexibility index (Phi) is 8.23. The molecule has 0 rings (SSSR count). The quantitative estimate of drug-likeness (QED) is 0.354. The summed E-state index contributed by atoms with van der Waals surface area (Å²) >= 11 is 0. The van der Waals surface area contributed by atoms with Crippen molar-refractivity contribution < 1.29 is 23.5 Å². The minimum absolute atomic E-state index is 0.126. The van der Waals surface area contributed by atoms with E-state index in [-0.39, 0.29) is 19.8 Å². The lowest BCUT2D eigenvalue weighted by molar-refractivity contribution is -0.0960. The van der Waals surface area contributed by atoms with Gasteiger partial charge >= 0.3 is 7.60 Å². The first-order chi connectivity index (χ1) is 7.08. The molecule has 1 atom stereocenters. The first-order valence-electron chi connectivity index (χ1n) is 4.98. The van der Waals surface area contributed by atoms with Crippen LogP contribution >= 0.6 is 7.60 Å². The van der Waals surface area contributed by atoms with Gasteiger partial charge in [-0.05, 0) is 26.8 Å². The van der Waals surface area contributed by atoms with Crippen molar-refractivity contribution >= 4 is 7.60 Å². The third-order valence-electron chi connectivity index (χ3n) is 1.51. The van der Waals surface area contributed by atoms with E-state index in [9.17, 15) is 9.46 Å². The van der Waals surface area contributed by atoms with E-state index in [2.05, 4.69) is 0 Å². The molecule has 15 heavy (non-hydrogen) atoms. The molecule has 0 fully saturated rings. The highest BCUT2D eigenvalue weighted by Gasteiger charge is 2.33. The molecule has 0 aliphatic carbocycles. The largest absolute Gasteiger partial charge is 0.383 e. The van der Waals surface area contributed by atoms with Gasteiger partial charge in [0.25, 0.3) is 6.03 Å². The summed E-state index contributed by atoms with van der Waals surface area (Å²) in [5.74, 6) is 0. The number of nitrogens with two attached hydrogens (primary N) is 1. The van der Waals surface area contributed by atoms with Crippen molar-refractivity contribution in [3.05, 3.63) is 0 Å². The maximum Gasteiger partial charge on any atom is 0.383 e. The molecule has 1 unspecified atom stereocenters. The Labute approximate surface area is 90.2 Å². The first kappa shape index (κ1) is 15.0. The van der Waals surface area contributed by atoms with E-state index in [4.69, 9.17) is 19.7 Å². The van der Waals surface area contributed by atoms with Gasteiger partial charge in [0.05, 0.1) is 6.61 Å². The third kappa shape index (κ3) is 6.25. The Bertz CT molecular complexity index is 195. The predicted molar refractivity (Wildman–Crippen MR) is 56.5 cm³/mol. The smallest absolute Gasteiger partial charge is 0.343 e. The highest BCUT2D eigenvalue weighted by molar-refractivity contribution is 7.53. The van der Waals surface area contributed by atoms with E-state index >= 15 is 0 Å². The molecule has 0 radical (unpaired) electrons. The van der Waals surface area contributed by atoms with Crippen molar-refractivity contribution in [1.82, 2.24) is 0 Å². The Morgan fingerprint density at radius 3 is 2.27 bits per heavy atom. The van der Waals surface area contributed by atoms with Gasteiger partial charge in [-0.2, -0.15) is 0 Å². The second-order valence-electron chi connectivity index (χ2n) is 2.76. The molecule has 6 nitrogen and oxygen atoms in total. The lowest BCUT2D eigenvalue weighted by atomic mass is 10.5. The molecule has 7 heteroatoms. The zero-order valence-corrected chi connectivity index (χ0v) is 10.1. The highest BCUT2D eigenvalue weighted by Crippen LogP contribution is 2.48. The second kappa shape index (κ2) is 8.21. The molecule has 0 aromatic heterocycles. The van der Waals surface area contributed by atoms with Crippen LogP contribution in [0.1, 0.15) is 20.3 Å². The van der Waals surface area contributed by atoms with Crippen LogP contribution in [0, 0.1) is 0 Å². The van der Waals surface area contributed by atoms with E-state index in [0.717, 1.165) is 0 Å². The lowest BCUT2D eigenvalue weighted by Gasteiger charge is -2.21. The van der Waals surface area contributed by atoms with Crippen molar-refractivity contribution in [2.45, 2.75) is 26.3 Å². The average Bonchev–Trinajstić information content (AvgIpc) is 2.18. The van der Waals surface area contributed by atoms with Crippen LogP contribution in [0.3, 0.4) is 0 Å². The van der Waals surface area contributed by atoms with Gasteiger partial charge in [-0.25, -0.2) is 0 Å². The summed E-state index contributed by atoms with van der Waals surface area (Å²) in [6.45, 7) is 4.54. The molecule has 0 bridgehead atoms. The van der Waals surface area contributed by atoms with Crippen molar-refractivity contribution in [1.29, 1.82) is 0 Å². The fraction of sp³-hybridized carbons (Fsp3) is 1.00. The molecule has 0 aliphatic rings. The van der Waals surface area contributed by atoms with Crippen LogP contribution in [-0.2, 0) is 18.6 Å². The van der Waals surface area contributed by atoms with Gasteiger partial charge in [-0.1, -0.05) is 0 Å². The summed E-state index contributed by atoms with van der Waals surface area (Å²) in [4.78, 5) is 9.51. The van der Waals surface area contributed by atoms with Crippen molar-refractivity contribution in [3.63, 3.8) is 0 Å². The minimum Gasteiger partial charge on any atom is -0.343 e. The van der Waals surface area contributed by atoms with Crippen LogP contribution in [0.2, 0.25) is 0 Å². The molecule has 0 spiro atoms. The van der Waals surface area contributed by atoms with Gasteiger partial charge in [0.15, 0.2) is 0 Å². The molecular formula is C8H20NO5P. The van der Waals surface area contributed by atoms with Crippen molar-refractivity contribution in [3.8, 4) is 0 Å². The maximum absolute atomic E-state index is 11.6. The summed E-state index contributed by atoms with van der Waals surface area (Å²) in [6, 6.07) is -1.20. The zero-order valence-electron chi connectivity index (χ0n) is 9.22. The fourth-order valence-corrected chi connectivity index (χ4v) is 2.05. The van der Waals surface area contributed by atoms with Gasteiger partial charge in [-0.3, -0.25) is 4.57 Å². The first-order valence-corrected chi connectivity index (χ1v) is 6.63. The zero-order chi connectivity index (χ0) is 11.7. The van der Waals surface area contributed by atoms with Gasteiger partial charge in [0.1, 0.15) is 0 Å². The van der Waals surface area contributed by atoms with Gasteiger partial charge in [0.2, 0.25) is 0 Å². The van der Waals surface area contributed by atoms with Crippen LogP contribution in [0.4, 0.5) is 0 Å². The monoisotopic (exact) mass is 241 g/mol. The molecule has 3 N–H and O–H groups in total. The third-order valence-corrected chi connectivity index (χ3v) is 2.89. The molecule has 0 aliphatic heterocycles. The number of hydrogen-bond donors (Lipinski definition) is 2. The van der Waals surface area contributed by atoms with E-state index in [1.165, 1.54) is 0 Å². The highest BCUT2D eigenvalue weighted by atomic mass is 31.2. The Morgan fingerprint density at radius 2 is 1.87 bits per heavy atom. The summed E-state index contributed by atoms with van der Waals surface area (Å²) in [6.07, 6.45) is 0.523. The number of hydrogen-bond acceptors (Lipinski definition) is 5. The van der Waals surface area contributed by atoms with Gasteiger partial charge in [-0.15, -0.1) is 0 Å². The molecule has 0 amide bonds. The van der Waals surface area contributed by atoms with Gasteiger partial charge in [0, 0.05) is 13.2 Å². The SMILES string of the molecule is CCOC(OCC)P(=O)(O)OCCCN. The number of ether oxygens (including phenoxy) is 2. The van der Waals surface area contributed by atoms with Crippen LogP contribution < -0.4 is 5.73 Å². The fourth-order valence-electron chi connectivity index (χ4n) is 0.861. The van der Waals surface area contributed by atoms with E-state index < -0.39 is 13.6 Å². The molecule has 0 saturated heterocycles. The van der Waals surface area contributed by atoms with E-state index in [1.54, 1.807) is 13.8 Å². The lowest BCUT2D eigenvalue weighted by Crippen LogP contribution is -2.19. The normalized spacial score (nSPS) is 15.5. The molecule has 0 aromatic carbocycles.